The number of hydrogen-bond acceptors (Lipinski definition) is 7. The van der Waals surface area contributed by atoms with Crippen molar-refractivity contribution < 1.29 is 18.9 Å². The van der Waals surface area contributed by atoms with E-state index in [0.29, 0.717) is 11.5 Å². The minimum absolute atomic E-state index is 0.683. The number of aromatic nitrogens is 2. The van der Waals surface area contributed by atoms with Gasteiger partial charge < -0.3 is 0 Å². The first-order valence-electron chi connectivity index (χ1n) is 13.8. The van der Waals surface area contributed by atoms with Crippen molar-refractivity contribution in [1.82, 2.24) is 10.2 Å². The topological polar surface area (TPSA) is 62.7 Å². The Labute approximate surface area is 237 Å². The summed E-state index contributed by atoms with van der Waals surface area (Å²) in [6.07, 6.45) is 7.52. The zero-order valence-corrected chi connectivity index (χ0v) is 27.9. The van der Waals surface area contributed by atoms with Gasteiger partial charge in [-0.1, -0.05) is 0 Å². The third kappa shape index (κ3) is 6.95. The normalized spacial score (nSPS) is 11.4. The van der Waals surface area contributed by atoms with Crippen LogP contribution in [0.1, 0.15) is 59.3 Å². The van der Waals surface area contributed by atoms with E-state index in [1.54, 1.807) is 39.8 Å². The van der Waals surface area contributed by atoms with Crippen molar-refractivity contribution in [2.45, 2.75) is 72.6 Å². The van der Waals surface area contributed by atoms with Crippen LogP contribution >= 0.6 is 11.3 Å². The SMILES string of the molecule is CCC[CH2][Sn]([CH2]CCC)([CH2]CCC)[c]1cc(OC)c(OC)cc1-c1nnc(-c2ccc(OC)c(OC)c2)s1. The minimum atomic E-state index is -2.86. The molecule has 0 atom stereocenters. The van der Waals surface area contributed by atoms with E-state index in [1.807, 2.05) is 18.2 Å². The summed E-state index contributed by atoms with van der Waals surface area (Å²) in [5.41, 5.74) is 2.15. The van der Waals surface area contributed by atoms with Gasteiger partial charge in [0.15, 0.2) is 0 Å². The van der Waals surface area contributed by atoms with Crippen molar-refractivity contribution >= 4 is 33.3 Å². The molecule has 38 heavy (non-hydrogen) atoms. The number of nitrogens with zero attached hydrogens (tertiary/aromatic N) is 2. The fourth-order valence-electron chi connectivity index (χ4n) is 5.24. The van der Waals surface area contributed by atoms with E-state index in [0.717, 1.165) is 27.1 Å². The Morgan fingerprint density at radius 1 is 0.632 bits per heavy atom. The summed E-state index contributed by atoms with van der Waals surface area (Å²) in [5.74, 6) is 2.95. The molecule has 3 rings (SSSR count). The van der Waals surface area contributed by atoms with Gasteiger partial charge in [-0.25, -0.2) is 0 Å². The molecule has 0 radical (unpaired) electrons. The summed E-state index contributed by atoms with van der Waals surface area (Å²) in [5, 5.41) is 11.2. The van der Waals surface area contributed by atoms with Gasteiger partial charge in [0, 0.05) is 0 Å². The van der Waals surface area contributed by atoms with Crippen LogP contribution in [0.25, 0.3) is 21.1 Å². The van der Waals surface area contributed by atoms with E-state index >= 15 is 0 Å². The molecule has 0 fully saturated rings. The summed E-state index contributed by atoms with van der Waals surface area (Å²) in [7, 11) is 6.74. The molecule has 0 aliphatic carbocycles. The summed E-state index contributed by atoms with van der Waals surface area (Å²) in [6, 6.07) is 10.4. The van der Waals surface area contributed by atoms with Crippen LogP contribution in [0.5, 0.6) is 23.0 Å². The van der Waals surface area contributed by atoms with Crippen LogP contribution in [0.3, 0.4) is 0 Å². The number of benzene rings is 2. The Bertz CT molecular complexity index is 1150. The van der Waals surface area contributed by atoms with E-state index in [1.165, 1.54) is 61.0 Å². The average molecular weight is 647 g/mol. The molecular formula is C30H44N2O4SSn. The molecule has 1 heterocycles. The van der Waals surface area contributed by atoms with Crippen LogP contribution in [0.15, 0.2) is 30.3 Å². The molecule has 0 saturated heterocycles. The predicted octanol–water partition coefficient (Wildman–Crippen LogP) is 7.96. The Hall–Kier alpha value is -2.00. The van der Waals surface area contributed by atoms with Crippen LogP contribution in [-0.2, 0) is 0 Å². The van der Waals surface area contributed by atoms with Crippen LogP contribution in [-0.4, -0.2) is 57.0 Å². The number of hydrogen-bond donors (Lipinski definition) is 0. The number of methoxy groups -OCH3 is 4. The van der Waals surface area contributed by atoms with Gasteiger partial charge >= 0.3 is 238 Å². The summed E-state index contributed by atoms with van der Waals surface area (Å²) in [6.45, 7) is 6.93. The Balaban J connectivity index is 2.21. The Morgan fingerprint density at radius 2 is 1.13 bits per heavy atom. The molecule has 0 N–H and O–H groups in total. The Kier molecular flexibility index (Phi) is 12.0. The summed E-state index contributed by atoms with van der Waals surface area (Å²) >= 11 is -1.24. The number of rotatable bonds is 16. The van der Waals surface area contributed by atoms with Crippen molar-refractivity contribution in [2.75, 3.05) is 28.4 Å². The van der Waals surface area contributed by atoms with E-state index < -0.39 is 18.4 Å². The molecule has 0 unspecified atom stereocenters. The molecule has 0 saturated carbocycles. The van der Waals surface area contributed by atoms with Gasteiger partial charge in [0.2, 0.25) is 0 Å². The van der Waals surface area contributed by atoms with Gasteiger partial charge in [-0.3, -0.25) is 0 Å². The second-order valence-corrected chi connectivity index (χ2v) is 23.9. The zero-order chi connectivity index (χ0) is 27.5. The number of unbranched alkanes of at least 4 members (excludes halogenated alkanes) is 3. The standard InChI is InChI=1S/C18H17N2O4S.3C4H9.Sn/c1-21-13-7-5-11(9-15(13)23-3)17-19-20-18(25-17)12-6-8-14(22-2)16(10-12)24-4;3*1-3-4-2;/h5,7-10H,1-4H3;3*1,3-4H2,2H3;. The average Bonchev–Trinajstić information content (AvgIpc) is 3.46. The first-order valence-corrected chi connectivity index (χ1v) is 22.1. The van der Waals surface area contributed by atoms with Gasteiger partial charge in [0.1, 0.15) is 0 Å². The molecule has 0 aliphatic heterocycles. The third-order valence-corrected chi connectivity index (χ3v) is 24.1. The van der Waals surface area contributed by atoms with Gasteiger partial charge in [-0.2, -0.15) is 0 Å². The molecule has 0 bridgehead atoms. The fourth-order valence-corrected chi connectivity index (χ4v) is 23.1. The first kappa shape index (κ1) is 30.5. The van der Waals surface area contributed by atoms with Crippen LogP contribution in [0.4, 0.5) is 0 Å². The van der Waals surface area contributed by atoms with Gasteiger partial charge in [-0.05, 0) is 0 Å². The van der Waals surface area contributed by atoms with E-state index in [9.17, 15) is 0 Å². The van der Waals surface area contributed by atoms with Crippen molar-refractivity contribution in [1.29, 1.82) is 0 Å². The van der Waals surface area contributed by atoms with Gasteiger partial charge in [0.25, 0.3) is 0 Å². The monoisotopic (exact) mass is 648 g/mol. The molecule has 208 valence electrons. The molecule has 3 aromatic rings. The maximum absolute atomic E-state index is 5.85. The van der Waals surface area contributed by atoms with E-state index in [-0.39, 0.29) is 0 Å². The summed E-state index contributed by atoms with van der Waals surface area (Å²) in [4.78, 5) is 0. The third-order valence-electron chi connectivity index (χ3n) is 7.41. The van der Waals surface area contributed by atoms with Crippen molar-refractivity contribution in [2.24, 2.45) is 0 Å². The second-order valence-electron chi connectivity index (χ2n) is 9.83. The molecular weight excluding hydrogens is 603 g/mol. The van der Waals surface area contributed by atoms with Gasteiger partial charge in [-0.15, -0.1) is 0 Å². The zero-order valence-electron chi connectivity index (χ0n) is 24.2. The molecule has 0 amide bonds. The van der Waals surface area contributed by atoms with Crippen LogP contribution in [0, 0.1) is 0 Å². The Morgan fingerprint density at radius 3 is 1.66 bits per heavy atom. The quantitative estimate of drug-likeness (QED) is 0.147. The van der Waals surface area contributed by atoms with Crippen molar-refractivity contribution in [3.05, 3.63) is 30.3 Å². The maximum atomic E-state index is 5.85. The molecule has 8 heteroatoms. The van der Waals surface area contributed by atoms with Crippen LogP contribution in [0.2, 0.25) is 13.3 Å². The van der Waals surface area contributed by atoms with Gasteiger partial charge in [0.05, 0.1) is 0 Å². The molecule has 0 aliphatic rings. The second kappa shape index (κ2) is 15.0. The van der Waals surface area contributed by atoms with Crippen molar-refractivity contribution in [3.8, 4) is 44.1 Å². The van der Waals surface area contributed by atoms with E-state index in [4.69, 9.17) is 24.0 Å². The van der Waals surface area contributed by atoms with E-state index in [2.05, 4.69) is 38.0 Å². The molecule has 2 aromatic carbocycles. The summed E-state index contributed by atoms with van der Waals surface area (Å²) < 4.78 is 28.2. The predicted molar refractivity (Wildman–Crippen MR) is 162 cm³/mol. The molecule has 0 spiro atoms. The fraction of sp³-hybridized carbons (Fsp3) is 0.533. The number of ether oxygens (including phenoxy) is 4. The molecule has 1 aromatic heterocycles. The molecule has 6 nitrogen and oxygen atoms in total. The first-order chi connectivity index (χ1) is 18.5. The van der Waals surface area contributed by atoms with Crippen LogP contribution < -0.4 is 22.5 Å². The van der Waals surface area contributed by atoms with Crippen molar-refractivity contribution in [3.63, 3.8) is 0 Å².